The molecule has 5 rings (SSSR count). The Morgan fingerprint density at radius 2 is 2.25 bits per heavy atom. The lowest BCUT2D eigenvalue weighted by atomic mass is 9.99. The van der Waals surface area contributed by atoms with Crippen LogP contribution in [0.15, 0.2) is 52.7 Å². The second kappa shape index (κ2) is 8.43. The van der Waals surface area contributed by atoms with Gasteiger partial charge in [-0.25, -0.2) is 9.97 Å². The minimum Gasteiger partial charge on any atom is -0.469 e. The van der Waals surface area contributed by atoms with Gasteiger partial charge in [0, 0.05) is 41.8 Å². The number of furan rings is 1. The van der Waals surface area contributed by atoms with Crippen LogP contribution in [0.1, 0.15) is 33.8 Å². The monoisotopic (exact) mass is 447 g/mol. The molecule has 9 heteroatoms. The average molecular weight is 448 g/mol. The molecule has 162 valence electrons. The quantitative estimate of drug-likeness (QED) is 0.481. The van der Waals surface area contributed by atoms with Crippen molar-refractivity contribution in [2.45, 2.75) is 19.8 Å². The normalized spacial score (nSPS) is 13.9. The van der Waals surface area contributed by atoms with Crippen molar-refractivity contribution in [2.24, 2.45) is 0 Å². The van der Waals surface area contributed by atoms with E-state index < -0.39 is 0 Å². The Morgan fingerprint density at radius 3 is 3.03 bits per heavy atom. The number of nitrogens with one attached hydrogen (secondary N) is 2. The average Bonchev–Trinajstić information content (AvgIpc) is 3.54. The lowest BCUT2D eigenvalue weighted by Crippen LogP contribution is -2.35. The number of hydrogen-bond donors (Lipinski definition) is 2. The van der Waals surface area contributed by atoms with Gasteiger partial charge in [0.15, 0.2) is 5.13 Å². The van der Waals surface area contributed by atoms with Crippen molar-refractivity contribution in [2.75, 3.05) is 18.4 Å². The number of fused-ring (bicyclic) bond motifs is 1. The standard InChI is InChI=1S/C23H21N5O3S/c1-14-17(6-10-31-14)22(30)27-23-26-16(13-32-23)11-20(29)28-8-4-15(5-9-28)19-12-25-21-18(19)3-2-7-24-21/h2-4,6-7,10,12-13H,5,8-9,11H2,1H3,(H,24,25)(H,26,27,30). The van der Waals surface area contributed by atoms with Crippen molar-refractivity contribution in [1.29, 1.82) is 0 Å². The van der Waals surface area contributed by atoms with E-state index in [1.54, 1.807) is 24.6 Å². The number of nitrogens with zero attached hydrogens (tertiary/aromatic N) is 3. The molecule has 2 N–H and O–H groups in total. The molecule has 0 aliphatic carbocycles. The second-order valence-corrected chi connectivity index (χ2v) is 8.44. The van der Waals surface area contributed by atoms with Gasteiger partial charge in [-0.1, -0.05) is 6.08 Å². The van der Waals surface area contributed by atoms with Crippen LogP contribution in [-0.4, -0.2) is 44.8 Å². The van der Waals surface area contributed by atoms with E-state index in [2.05, 4.69) is 32.4 Å². The molecule has 0 aromatic carbocycles. The summed E-state index contributed by atoms with van der Waals surface area (Å²) in [6.45, 7) is 2.95. The van der Waals surface area contributed by atoms with Gasteiger partial charge in [-0.05, 0) is 37.1 Å². The highest BCUT2D eigenvalue weighted by atomic mass is 32.1. The molecule has 0 radical (unpaired) electrons. The van der Waals surface area contributed by atoms with Crippen molar-refractivity contribution in [1.82, 2.24) is 19.9 Å². The van der Waals surface area contributed by atoms with E-state index in [0.717, 1.165) is 23.0 Å². The van der Waals surface area contributed by atoms with Crippen molar-refractivity contribution in [3.63, 3.8) is 0 Å². The summed E-state index contributed by atoms with van der Waals surface area (Å²) in [6, 6.07) is 5.60. The van der Waals surface area contributed by atoms with Gasteiger partial charge >= 0.3 is 0 Å². The van der Waals surface area contributed by atoms with Gasteiger partial charge in [0.25, 0.3) is 5.91 Å². The first kappa shape index (κ1) is 20.2. The van der Waals surface area contributed by atoms with Crippen LogP contribution in [-0.2, 0) is 11.2 Å². The molecule has 0 fully saturated rings. The first-order chi connectivity index (χ1) is 15.6. The van der Waals surface area contributed by atoms with Gasteiger partial charge in [-0.15, -0.1) is 11.3 Å². The zero-order valence-electron chi connectivity index (χ0n) is 17.4. The summed E-state index contributed by atoms with van der Waals surface area (Å²) in [6.07, 6.45) is 8.33. The van der Waals surface area contributed by atoms with Crippen molar-refractivity contribution >= 4 is 44.9 Å². The van der Waals surface area contributed by atoms with Crippen LogP contribution < -0.4 is 5.32 Å². The third-order valence-corrected chi connectivity index (χ3v) is 6.37. The van der Waals surface area contributed by atoms with Gasteiger partial charge < -0.3 is 14.3 Å². The fraction of sp³-hybridized carbons (Fsp3) is 0.217. The maximum Gasteiger partial charge on any atom is 0.260 e. The molecule has 4 aromatic rings. The maximum atomic E-state index is 12.8. The number of anilines is 1. The SMILES string of the molecule is Cc1occc1C(=O)Nc1nc(CC(=O)N2CC=C(c3c[nH]c4ncccc34)CC2)cs1. The summed E-state index contributed by atoms with van der Waals surface area (Å²) in [5.74, 6) is 0.301. The molecule has 0 saturated carbocycles. The lowest BCUT2D eigenvalue weighted by Gasteiger charge is -2.26. The smallest absolute Gasteiger partial charge is 0.260 e. The van der Waals surface area contributed by atoms with Gasteiger partial charge in [0.1, 0.15) is 11.4 Å². The second-order valence-electron chi connectivity index (χ2n) is 7.59. The van der Waals surface area contributed by atoms with E-state index in [0.29, 0.717) is 35.2 Å². The van der Waals surface area contributed by atoms with Crippen LogP contribution in [0.4, 0.5) is 5.13 Å². The molecule has 0 saturated heterocycles. The highest BCUT2D eigenvalue weighted by molar-refractivity contribution is 7.14. The Hall–Kier alpha value is -3.72. The van der Waals surface area contributed by atoms with Crippen molar-refractivity contribution < 1.29 is 14.0 Å². The maximum absolute atomic E-state index is 12.8. The van der Waals surface area contributed by atoms with E-state index in [1.807, 2.05) is 17.2 Å². The van der Waals surface area contributed by atoms with E-state index in [-0.39, 0.29) is 18.2 Å². The largest absolute Gasteiger partial charge is 0.469 e. The highest BCUT2D eigenvalue weighted by Crippen LogP contribution is 2.28. The molecule has 1 aliphatic heterocycles. The molecule has 0 unspecified atom stereocenters. The number of H-pyrrole nitrogens is 1. The lowest BCUT2D eigenvalue weighted by molar-refractivity contribution is -0.130. The van der Waals surface area contributed by atoms with Crippen LogP contribution in [0.5, 0.6) is 0 Å². The van der Waals surface area contributed by atoms with E-state index in [1.165, 1.54) is 23.2 Å². The Balaban J connectivity index is 1.20. The minimum absolute atomic E-state index is 0.0229. The summed E-state index contributed by atoms with van der Waals surface area (Å²) in [5, 5.41) is 6.13. The predicted octanol–water partition coefficient (Wildman–Crippen LogP) is 4.03. The molecule has 1 aliphatic rings. The molecular weight excluding hydrogens is 426 g/mol. The molecule has 32 heavy (non-hydrogen) atoms. The number of amides is 2. The highest BCUT2D eigenvalue weighted by Gasteiger charge is 2.21. The Kier molecular flexibility index (Phi) is 5.32. The number of aromatic amines is 1. The minimum atomic E-state index is -0.273. The van der Waals surface area contributed by atoms with Crippen LogP contribution in [0.3, 0.4) is 0 Å². The number of rotatable bonds is 5. The number of hydrogen-bond acceptors (Lipinski definition) is 6. The molecule has 2 amide bonds. The van der Waals surface area contributed by atoms with Gasteiger partial charge in [-0.3, -0.25) is 14.9 Å². The number of carbonyl (C=O) groups is 2. The van der Waals surface area contributed by atoms with E-state index >= 15 is 0 Å². The van der Waals surface area contributed by atoms with E-state index in [4.69, 9.17) is 4.42 Å². The zero-order valence-corrected chi connectivity index (χ0v) is 18.2. The molecule has 4 aromatic heterocycles. The third-order valence-electron chi connectivity index (χ3n) is 5.57. The van der Waals surface area contributed by atoms with Gasteiger partial charge in [0.05, 0.1) is 23.9 Å². The van der Waals surface area contributed by atoms with Crippen LogP contribution >= 0.6 is 11.3 Å². The number of pyridine rings is 1. The molecule has 5 heterocycles. The molecule has 0 spiro atoms. The van der Waals surface area contributed by atoms with Gasteiger partial charge in [0.2, 0.25) is 5.91 Å². The number of aryl methyl sites for hydroxylation is 1. The first-order valence-corrected chi connectivity index (χ1v) is 11.2. The Morgan fingerprint density at radius 1 is 1.34 bits per heavy atom. The molecule has 0 atom stereocenters. The van der Waals surface area contributed by atoms with Crippen molar-refractivity contribution in [3.8, 4) is 0 Å². The van der Waals surface area contributed by atoms with Crippen LogP contribution in [0, 0.1) is 6.92 Å². The summed E-state index contributed by atoms with van der Waals surface area (Å²) in [7, 11) is 0. The zero-order chi connectivity index (χ0) is 22.1. The molecule has 8 nitrogen and oxygen atoms in total. The predicted molar refractivity (Wildman–Crippen MR) is 122 cm³/mol. The van der Waals surface area contributed by atoms with E-state index in [9.17, 15) is 9.59 Å². The Bertz CT molecular complexity index is 1330. The fourth-order valence-electron chi connectivity index (χ4n) is 3.86. The Labute approximate surface area is 188 Å². The third kappa shape index (κ3) is 3.94. The summed E-state index contributed by atoms with van der Waals surface area (Å²) in [4.78, 5) is 38.9. The first-order valence-electron chi connectivity index (χ1n) is 10.3. The van der Waals surface area contributed by atoms with Crippen molar-refractivity contribution in [3.05, 3.63) is 70.9 Å². The fourth-order valence-corrected chi connectivity index (χ4v) is 4.56. The molecule has 0 bridgehead atoms. The topological polar surface area (TPSA) is 104 Å². The number of aromatic nitrogens is 3. The summed E-state index contributed by atoms with van der Waals surface area (Å²) >= 11 is 1.30. The summed E-state index contributed by atoms with van der Waals surface area (Å²) < 4.78 is 5.16. The summed E-state index contributed by atoms with van der Waals surface area (Å²) in [5.41, 5.74) is 4.36. The van der Waals surface area contributed by atoms with Gasteiger partial charge in [-0.2, -0.15) is 0 Å². The number of thiazole rings is 1. The van der Waals surface area contributed by atoms with Crippen LogP contribution in [0.25, 0.3) is 16.6 Å². The molecular formula is C23H21N5O3S. The number of carbonyl (C=O) groups excluding carboxylic acids is 2. The van der Waals surface area contributed by atoms with Crippen LogP contribution in [0.2, 0.25) is 0 Å².